The molecule has 1 aliphatic rings. The molecule has 0 bridgehead atoms. The molecule has 2 aromatic rings. The molecule has 2 aromatic carbocycles. The summed E-state index contributed by atoms with van der Waals surface area (Å²) in [5, 5.41) is 5.19. The van der Waals surface area contributed by atoms with Crippen LogP contribution in [0.5, 0.6) is 0 Å². The first kappa shape index (κ1) is 13.8. The maximum Gasteiger partial charge on any atom is 0.255 e. The van der Waals surface area contributed by atoms with Crippen molar-refractivity contribution >= 4 is 39.1 Å². The predicted octanol–water partition coefficient (Wildman–Crippen LogP) is 3.34. The minimum absolute atomic E-state index is 0.0962. The van der Waals surface area contributed by atoms with E-state index in [4.69, 9.17) is 0 Å². The van der Waals surface area contributed by atoms with Gasteiger partial charge in [0.25, 0.3) is 5.91 Å². The van der Waals surface area contributed by atoms with Crippen LogP contribution in [0.3, 0.4) is 0 Å². The fourth-order valence-electron chi connectivity index (χ4n) is 2.14. The highest BCUT2D eigenvalue weighted by atomic mass is 79.9. The highest BCUT2D eigenvalue weighted by Gasteiger charge is 2.19. The molecule has 0 saturated carbocycles. The van der Waals surface area contributed by atoms with E-state index in [1.807, 2.05) is 0 Å². The molecule has 0 aliphatic carbocycles. The highest BCUT2D eigenvalue weighted by molar-refractivity contribution is 9.10. The van der Waals surface area contributed by atoms with Crippen molar-refractivity contribution in [3.05, 3.63) is 57.8 Å². The van der Waals surface area contributed by atoms with Crippen molar-refractivity contribution in [1.82, 2.24) is 0 Å². The topological polar surface area (TPSA) is 58.2 Å². The molecule has 6 heteroatoms. The zero-order chi connectivity index (χ0) is 15.0. The van der Waals surface area contributed by atoms with Crippen LogP contribution >= 0.6 is 15.9 Å². The summed E-state index contributed by atoms with van der Waals surface area (Å²) in [7, 11) is 0. The van der Waals surface area contributed by atoms with Crippen molar-refractivity contribution in [2.75, 3.05) is 10.6 Å². The average Bonchev–Trinajstić information content (AvgIpc) is 2.81. The Morgan fingerprint density at radius 2 is 2.05 bits per heavy atom. The lowest BCUT2D eigenvalue weighted by Crippen LogP contribution is -2.13. The Morgan fingerprint density at radius 3 is 2.86 bits per heavy atom. The Balaban J connectivity index is 1.85. The SMILES string of the molecule is O=C1Cc2ccc(C(=O)Nc3cc(Br)ccc3F)cc2N1. The summed E-state index contributed by atoms with van der Waals surface area (Å²) >= 11 is 3.22. The van der Waals surface area contributed by atoms with Gasteiger partial charge >= 0.3 is 0 Å². The second kappa shape index (κ2) is 5.29. The Bertz CT molecular complexity index is 761. The molecule has 0 radical (unpaired) electrons. The van der Waals surface area contributed by atoms with Gasteiger partial charge in [0.2, 0.25) is 5.91 Å². The number of fused-ring (bicyclic) bond motifs is 1. The normalized spacial score (nSPS) is 12.8. The van der Waals surface area contributed by atoms with Crippen LogP contribution in [0.25, 0.3) is 0 Å². The van der Waals surface area contributed by atoms with E-state index in [1.165, 1.54) is 12.1 Å². The molecule has 0 unspecified atom stereocenters. The summed E-state index contributed by atoms with van der Waals surface area (Å²) in [6, 6.07) is 9.23. The number of carbonyl (C=O) groups excluding carboxylic acids is 2. The zero-order valence-corrected chi connectivity index (χ0v) is 12.3. The largest absolute Gasteiger partial charge is 0.326 e. The number of benzene rings is 2. The van der Waals surface area contributed by atoms with Gasteiger partial charge in [0.15, 0.2) is 0 Å². The molecule has 2 amide bonds. The highest BCUT2D eigenvalue weighted by Crippen LogP contribution is 2.25. The summed E-state index contributed by atoms with van der Waals surface area (Å²) in [6.07, 6.45) is 0.317. The molecule has 0 saturated heterocycles. The molecule has 4 nitrogen and oxygen atoms in total. The van der Waals surface area contributed by atoms with Gasteiger partial charge in [-0.1, -0.05) is 22.0 Å². The summed E-state index contributed by atoms with van der Waals surface area (Å²) < 4.78 is 14.3. The van der Waals surface area contributed by atoms with E-state index >= 15 is 0 Å². The first-order chi connectivity index (χ1) is 10.0. The molecule has 3 rings (SSSR count). The fourth-order valence-corrected chi connectivity index (χ4v) is 2.50. The number of nitrogens with one attached hydrogen (secondary N) is 2. The monoisotopic (exact) mass is 348 g/mol. The third-order valence-corrected chi connectivity index (χ3v) is 3.67. The van der Waals surface area contributed by atoms with E-state index in [0.717, 1.165) is 5.56 Å². The Labute approximate surface area is 128 Å². The van der Waals surface area contributed by atoms with Gasteiger partial charge in [-0.05, 0) is 35.9 Å². The lowest BCUT2D eigenvalue weighted by Gasteiger charge is -2.08. The first-order valence-corrected chi connectivity index (χ1v) is 7.01. The second-order valence-corrected chi connectivity index (χ2v) is 5.59. The average molecular weight is 349 g/mol. The van der Waals surface area contributed by atoms with Gasteiger partial charge in [0.1, 0.15) is 5.82 Å². The lowest BCUT2D eigenvalue weighted by atomic mass is 10.1. The van der Waals surface area contributed by atoms with E-state index in [9.17, 15) is 14.0 Å². The Kier molecular flexibility index (Phi) is 3.47. The molecule has 1 aliphatic heterocycles. The standard InChI is InChI=1S/C15H10BrFN2O2/c16-10-3-4-11(17)13(7-10)19-15(21)9-2-1-8-6-14(20)18-12(8)5-9/h1-5,7H,6H2,(H,18,20)(H,19,21). The number of halogens is 2. The minimum Gasteiger partial charge on any atom is -0.326 e. The number of rotatable bonds is 2. The number of hydrogen-bond donors (Lipinski definition) is 2. The van der Waals surface area contributed by atoms with Crippen LogP contribution in [-0.4, -0.2) is 11.8 Å². The molecule has 1 heterocycles. The zero-order valence-electron chi connectivity index (χ0n) is 10.7. The van der Waals surface area contributed by atoms with Crippen LogP contribution in [0.2, 0.25) is 0 Å². The van der Waals surface area contributed by atoms with Gasteiger partial charge in [0, 0.05) is 15.7 Å². The number of anilines is 2. The molecule has 106 valence electrons. The summed E-state index contributed by atoms with van der Waals surface area (Å²) in [4.78, 5) is 23.4. The van der Waals surface area contributed by atoms with Crippen LogP contribution < -0.4 is 10.6 Å². The van der Waals surface area contributed by atoms with Crippen LogP contribution in [-0.2, 0) is 11.2 Å². The quantitative estimate of drug-likeness (QED) is 0.874. The minimum atomic E-state index is -0.513. The summed E-state index contributed by atoms with van der Waals surface area (Å²) in [5.74, 6) is -1.04. The van der Waals surface area contributed by atoms with Gasteiger partial charge in [-0.3, -0.25) is 9.59 Å². The van der Waals surface area contributed by atoms with Gasteiger partial charge in [-0.15, -0.1) is 0 Å². The fraction of sp³-hybridized carbons (Fsp3) is 0.0667. The van der Waals surface area contributed by atoms with Gasteiger partial charge < -0.3 is 10.6 Å². The summed E-state index contributed by atoms with van der Waals surface area (Å²) in [6.45, 7) is 0. The van der Waals surface area contributed by atoms with Crippen LogP contribution in [0, 0.1) is 5.82 Å². The molecule has 0 aromatic heterocycles. The van der Waals surface area contributed by atoms with Gasteiger partial charge in [-0.2, -0.15) is 0 Å². The van der Waals surface area contributed by atoms with Crippen molar-refractivity contribution in [3.8, 4) is 0 Å². The second-order valence-electron chi connectivity index (χ2n) is 4.68. The molecule has 21 heavy (non-hydrogen) atoms. The third kappa shape index (κ3) is 2.80. The molecule has 0 spiro atoms. The van der Waals surface area contributed by atoms with Crippen LogP contribution in [0.1, 0.15) is 15.9 Å². The van der Waals surface area contributed by atoms with E-state index in [-0.39, 0.29) is 11.6 Å². The molecule has 0 fully saturated rings. The third-order valence-electron chi connectivity index (χ3n) is 3.17. The summed E-state index contributed by atoms with van der Waals surface area (Å²) in [5.41, 5.74) is 1.93. The maximum atomic E-state index is 13.6. The van der Waals surface area contributed by atoms with E-state index in [1.54, 1.807) is 24.3 Å². The molecular weight excluding hydrogens is 339 g/mol. The van der Waals surface area contributed by atoms with Crippen LogP contribution in [0.4, 0.5) is 15.8 Å². The van der Waals surface area contributed by atoms with Crippen molar-refractivity contribution in [2.24, 2.45) is 0 Å². The Hall–Kier alpha value is -2.21. The van der Waals surface area contributed by atoms with Crippen molar-refractivity contribution in [2.45, 2.75) is 6.42 Å². The van der Waals surface area contributed by atoms with Crippen molar-refractivity contribution in [1.29, 1.82) is 0 Å². The number of hydrogen-bond acceptors (Lipinski definition) is 2. The number of amides is 2. The Morgan fingerprint density at radius 1 is 1.24 bits per heavy atom. The molecular formula is C15H10BrFN2O2. The van der Waals surface area contributed by atoms with Crippen LogP contribution in [0.15, 0.2) is 40.9 Å². The lowest BCUT2D eigenvalue weighted by molar-refractivity contribution is -0.115. The van der Waals surface area contributed by atoms with Crippen molar-refractivity contribution in [3.63, 3.8) is 0 Å². The van der Waals surface area contributed by atoms with E-state index < -0.39 is 11.7 Å². The van der Waals surface area contributed by atoms with Crippen molar-refractivity contribution < 1.29 is 14.0 Å². The van der Waals surface area contributed by atoms with Gasteiger partial charge in [-0.25, -0.2) is 4.39 Å². The first-order valence-electron chi connectivity index (χ1n) is 6.22. The molecule has 2 N–H and O–H groups in total. The number of carbonyl (C=O) groups is 2. The maximum absolute atomic E-state index is 13.6. The predicted molar refractivity (Wildman–Crippen MR) is 80.8 cm³/mol. The van der Waals surface area contributed by atoms with E-state index in [2.05, 4.69) is 26.6 Å². The molecule has 0 atom stereocenters. The van der Waals surface area contributed by atoms with E-state index in [0.29, 0.717) is 22.1 Å². The van der Waals surface area contributed by atoms with Gasteiger partial charge in [0.05, 0.1) is 12.1 Å². The smallest absolute Gasteiger partial charge is 0.255 e.